The fraction of sp³-hybridized carbons (Fsp3) is 0.647. The number of benzene rings is 1. The van der Waals surface area contributed by atoms with Gasteiger partial charge in [0.2, 0.25) is 0 Å². The van der Waals surface area contributed by atoms with Gasteiger partial charge in [0.1, 0.15) is 5.75 Å². The van der Waals surface area contributed by atoms with E-state index >= 15 is 0 Å². The number of ether oxygens (including phenoxy) is 1. The van der Waals surface area contributed by atoms with E-state index in [-0.39, 0.29) is 0 Å². The highest BCUT2D eigenvalue weighted by molar-refractivity contribution is 7.57. The molecule has 0 spiro atoms. The van der Waals surface area contributed by atoms with Crippen LogP contribution in [0.1, 0.15) is 11.4 Å². The Morgan fingerprint density at radius 1 is 0.769 bits per heavy atom. The SMILES string of the molecule is COc1ccc(C(O[Si](C)(C)C)P(=O)(O[Si](C)(C)C)O[Si](C)(C)C)cc1. The Morgan fingerprint density at radius 2 is 1.19 bits per heavy atom. The molecular weight excluding hydrogens is 399 g/mol. The summed E-state index contributed by atoms with van der Waals surface area (Å²) in [6, 6.07) is 7.47. The second kappa shape index (κ2) is 8.43. The van der Waals surface area contributed by atoms with Crippen LogP contribution in [0.15, 0.2) is 24.3 Å². The largest absolute Gasteiger partial charge is 0.497 e. The number of methoxy groups -OCH3 is 1. The van der Waals surface area contributed by atoms with Crippen molar-refractivity contribution in [1.29, 1.82) is 0 Å². The minimum atomic E-state index is -3.52. The van der Waals surface area contributed by atoms with E-state index in [9.17, 15) is 4.57 Å². The van der Waals surface area contributed by atoms with Gasteiger partial charge in [0.15, 0.2) is 30.8 Å². The first-order valence-electron chi connectivity index (χ1n) is 8.88. The standard InChI is InChI=1S/C17H35O5PSi3/c1-19-16-13-11-15(12-14-16)17(20-24(2,3)4)23(18,21-25(5,6)7)22-26(8,9)10/h11-14,17H,1-10H3. The fourth-order valence-corrected chi connectivity index (χ4v) is 12.5. The van der Waals surface area contributed by atoms with E-state index in [4.69, 9.17) is 17.6 Å². The van der Waals surface area contributed by atoms with Gasteiger partial charge in [-0.15, -0.1) is 0 Å². The smallest absolute Gasteiger partial charge is 0.343 e. The summed E-state index contributed by atoms with van der Waals surface area (Å²) >= 11 is 0. The first-order valence-corrected chi connectivity index (χ1v) is 20.7. The van der Waals surface area contributed by atoms with E-state index in [0.717, 1.165) is 11.3 Å². The third-order valence-electron chi connectivity index (χ3n) is 2.96. The third-order valence-corrected chi connectivity index (χ3v) is 11.5. The van der Waals surface area contributed by atoms with Gasteiger partial charge in [-0.3, -0.25) is 4.57 Å². The Balaban J connectivity index is 3.46. The summed E-state index contributed by atoms with van der Waals surface area (Å²) in [5, 5.41) is 0. The minimum absolute atomic E-state index is 0.724. The molecule has 0 bridgehead atoms. The van der Waals surface area contributed by atoms with Crippen molar-refractivity contribution in [2.45, 2.75) is 64.8 Å². The first kappa shape index (κ1) is 23.8. The highest BCUT2D eigenvalue weighted by Crippen LogP contribution is 2.65. The molecule has 1 atom stereocenters. The van der Waals surface area contributed by atoms with Crippen molar-refractivity contribution in [3.63, 3.8) is 0 Å². The molecule has 0 saturated heterocycles. The molecule has 0 saturated carbocycles. The Labute approximate surface area is 162 Å². The Bertz CT molecular complexity index is 610. The maximum atomic E-state index is 14.1. The molecule has 0 N–H and O–H groups in total. The molecule has 0 radical (unpaired) electrons. The van der Waals surface area contributed by atoms with Crippen molar-refractivity contribution in [3.05, 3.63) is 29.8 Å². The normalized spacial score (nSPS) is 15.0. The van der Waals surface area contributed by atoms with E-state index in [1.165, 1.54) is 0 Å². The highest BCUT2D eigenvalue weighted by Gasteiger charge is 2.46. The third kappa shape index (κ3) is 8.21. The Hall–Kier alpha value is -0.219. The molecule has 0 aliphatic carbocycles. The average Bonchev–Trinajstić information content (AvgIpc) is 2.40. The van der Waals surface area contributed by atoms with E-state index in [0.29, 0.717) is 0 Å². The van der Waals surface area contributed by atoms with Crippen LogP contribution in [0.2, 0.25) is 58.9 Å². The zero-order valence-corrected chi connectivity index (χ0v) is 21.8. The number of hydrogen-bond donors (Lipinski definition) is 0. The summed E-state index contributed by atoms with van der Waals surface area (Å²) in [6.07, 6.45) is 0. The molecule has 0 aromatic heterocycles. The van der Waals surface area contributed by atoms with Gasteiger partial charge in [0, 0.05) is 0 Å². The lowest BCUT2D eigenvalue weighted by molar-refractivity contribution is 0.225. The van der Waals surface area contributed by atoms with Gasteiger partial charge in [0.25, 0.3) is 0 Å². The summed E-state index contributed by atoms with van der Waals surface area (Å²) in [7, 11) is -8.19. The number of hydrogen-bond acceptors (Lipinski definition) is 5. The van der Waals surface area contributed by atoms with Gasteiger partial charge in [-0.25, -0.2) is 0 Å². The van der Waals surface area contributed by atoms with Crippen LogP contribution in [-0.2, 0) is 17.4 Å². The molecule has 1 aromatic carbocycles. The van der Waals surface area contributed by atoms with Crippen LogP contribution < -0.4 is 4.74 Å². The topological polar surface area (TPSA) is 54.0 Å². The first-order chi connectivity index (χ1) is 11.5. The summed E-state index contributed by atoms with van der Waals surface area (Å²) < 4.78 is 38.1. The predicted octanol–water partition coefficient (Wildman–Crippen LogP) is 6.44. The molecule has 0 fully saturated rings. The lowest BCUT2D eigenvalue weighted by atomic mass is 10.2. The molecule has 1 rings (SSSR count). The maximum absolute atomic E-state index is 14.1. The fourth-order valence-electron chi connectivity index (χ4n) is 2.30. The van der Waals surface area contributed by atoms with Crippen molar-refractivity contribution >= 4 is 32.5 Å². The summed E-state index contributed by atoms with van der Waals surface area (Å²) in [5.74, 6) is 0.0195. The van der Waals surface area contributed by atoms with E-state index in [1.54, 1.807) is 7.11 Å². The van der Waals surface area contributed by atoms with Gasteiger partial charge in [-0.05, 0) is 76.6 Å². The van der Waals surface area contributed by atoms with Crippen molar-refractivity contribution in [2.24, 2.45) is 0 Å². The molecule has 0 aliphatic heterocycles. The average molecular weight is 435 g/mol. The molecule has 0 amide bonds. The maximum Gasteiger partial charge on any atom is 0.343 e. The highest BCUT2D eigenvalue weighted by atomic mass is 31.2. The Morgan fingerprint density at radius 3 is 1.50 bits per heavy atom. The molecule has 0 heterocycles. The summed E-state index contributed by atoms with van der Waals surface area (Å²) in [6.45, 7) is 18.4. The zero-order valence-electron chi connectivity index (χ0n) is 17.9. The van der Waals surface area contributed by atoms with Crippen LogP contribution >= 0.6 is 7.60 Å². The predicted molar refractivity (Wildman–Crippen MR) is 117 cm³/mol. The second-order valence-corrected chi connectivity index (χ2v) is 25.2. The summed E-state index contributed by atoms with van der Waals surface area (Å²) in [5.41, 5.74) is 0.799. The van der Waals surface area contributed by atoms with Gasteiger partial charge in [-0.1, -0.05) is 12.1 Å². The lowest BCUT2D eigenvalue weighted by Gasteiger charge is -2.38. The summed E-state index contributed by atoms with van der Waals surface area (Å²) in [4.78, 5) is 0. The van der Waals surface area contributed by atoms with Crippen LogP contribution in [0.25, 0.3) is 0 Å². The van der Waals surface area contributed by atoms with Crippen molar-refractivity contribution in [3.8, 4) is 5.75 Å². The molecule has 150 valence electrons. The van der Waals surface area contributed by atoms with Crippen LogP contribution in [0, 0.1) is 0 Å². The molecule has 0 aliphatic rings. The molecule has 1 unspecified atom stereocenters. The van der Waals surface area contributed by atoms with Gasteiger partial charge < -0.3 is 17.6 Å². The van der Waals surface area contributed by atoms with Crippen LogP contribution in [0.5, 0.6) is 5.75 Å². The van der Waals surface area contributed by atoms with Crippen molar-refractivity contribution in [2.75, 3.05) is 7.11 Å². The van der Waals surface area contributed by atoms with Crippen molar-refractivity contribution in [1.82, 2.24) is 0 Å². The van der Waals surface area contributed by atoms with Crippen LogP contribution in [0.4, 0.5) is 0 Å². The number of rotatable bonds is 9. The second-order valence-electron chi connectivity index (χ2n) is 9.30. The van der Waals surface area contributed by atoms with Crippen LogP contribution in [0.3, 0.4) is 0 Å². The molecular formula is C17H35O5PSi3. The monoisotopic (exact) mass is 434 g/mol. The molecule has 5 nitrogen and oxygen atoms in total. The van der Waals surface area contributed by atoms with E-state index in [1.807, 2.05) is 63.5 Å². The zero-order chi connectivity index (χ0) is 20.4. The lowest BCUT2D eigenvalue weighted by Crippen LogP contribution is -2.35. The molecule has 9 heteroatoms. The van der Waals surface area contributed by atoms with Gasteiger partial charge in [-0.2, -0.15) is 0 Å². The quantitative estimate of drug-likeness (QED) is 0.330. The minimum Gasteiger partial charge on any atom is -0.497 e. The van der Waals surface area contributed by atoms with E-state index < -0.39 is 38.4 Å². The Kier molecular flexibility index (Phi) is 7.72. The van der Waals surface area contributed by atoms with Gasteiger partial charge in [0.05, 0.1) is 7.11 Å². The van der Waals surface area contributed by atoms with Crippen LogP contribution in [-0.4, -0.2) is 32.1 Å². The molecule has 1 aromatic rings. The molecule has 26 heavy (non-hydrogen) atoms. The van der Waals surface area contributed by atoms with Crippen molar-refractivity contribution < 1.29 is 22.2 Å². The van der Waals surface area contributed by atoms with Gasteiger partial charge >= 0.3 is 7.60 Å². The van der Waals surface area contributed by atoms with E-state index in [2.05, 4.69) is 19.6 Å².